The van der Waals surface area contributed by atoms with Gasteiger partial charge in [0.2, 0.25) is 8.32 Å². The highest BCUT2D eigenvalue weighted by Crippen LogP contribution is 2.26. The number of rotatable bonds is 8. The molecule has 0 fully saturated rings. The third-order valence-corrected chi connectivity index (χ3v) is 6.07. The van der Waals surface area contributed by atoms with Crippen molar-refractivity contribution in [2.75, 3.05) is 6.54 Å². The normalized spacial score (nSPS) is 14.7. The second kappa shape index (κ2) is 7.65. The maximum Gasteiger partial charge on any atom is 0.242 e. The smallest absolute Gasteiger partial charge is 0.242 e. The van der Waals surface area contributed by atoms with E-state index in [1.165, 1.54) is 5.56 Å². The molecule has 0 radical (unpaired) electrons. The molecule has 6 heteroatoms. The van der Waals surface area contributed by atoms with Gasteiger partial charge in [0.1, 0.15) is 14.0 Å². The third kappa shape index (κ3) is 9.46. The largest absolute Gasteiger partial charge is 0.544 e. The second-order valence-corrected chi connectivity index (χ2v) is 22.9. The minimum atomic E-state index is -1.62. The summed E-state index contributed by atoms with van der Waals surface area (Å²) in [5, 5.41) is 0. The van der Waals surface area contributed by atoms with Crippen molar-refractivity contribution >= 4 is 24.9 Å². The van der Waals surface area contributed by atoms with E-state index in [1.807, 2.05) is 0 Å². The molecule has 3 nitrogen and oxygen atoms in total. The van der Waals surface area contributed by atoms with Crippen LogP contribution in [0, 0.1) is 0 Å². The van der Waals surface area contributed by atoms with Crippen molar-refractivity contribution in [3.8, 4) is 5.75 Å². The first kappa shape index (κ1) is 20.6. The molecule has 0 saturated heterocycles. The summed E-state index contributed by atoms with van der Waals surface area (Å²) in [6, 6.07) is 8.46. The lowest BCUT2D eigenvalue weighted by atomic mass is 10.1. The minimum Gasteiger partial charge on any atom is -0.544 e. The summed E-state index contributed by atoms with van der Waals surface area (Å²) in [6.07, 6.45) is 0.0959. The fourth-order valence-electron chi connectivity index (χ4n) is 2.19. The first-order chi connectivity index (χ1) is 10.3. The standard InChI is InChI=1S/C17H35NO2Si3/c1-21(2,3)18-14-17(20-23(7,8)9)15-11-10-12-16(13-15)19-22(4,5)6/h10-13,17-18H,14H2,1-9H3. The fraction of sp³-hybridized carbons (Fsp3) is 0.647. The van der Waals surface area contributed by atoms with Crippen molar-refractivity contribution in [1.29, 1.82) is 0 Å². The molecule has 132 valence electrons. The number of benzene rings is 1. The highest BCUT2D eigenvalue weighted by Gasteiger charge is 2.25. The van der Waals surface area contributed by atoms with Gasteiger partial charge in [-0.2, -0.15) is 0 Å². The Morgan fingerprint density at radius 1 is 0.913 bits per heavy atom. The van der Waals surface area contributed by atoms with Gasteiger partial charge in [-0.15, -0.1) is 0 Å². The zero-order valence-electron chi connectivity index (χ0n) is 16.4. The quantitative estimate of drug-likeness (QED) is 0.637. The van der Waals surface area contributed by atoms with Crippen LogP contribution in [0.25, 0.3) is 0 Å². The average Bonchev–Trinajstić information content (AvgIpc) is 2.30. The van der Waals surface area contributed by atoms with E-state index >= 15 is 0 Å². The first-order valence-electron chi connectivity index (χ1n) is 8.47. The third-order valence-electron chi connectivity index (χ3n) is 2.97. The van der Waals surface area contributed by atoms with E-state index in [9.17, 15) is 0 Å². The number of hydrogen-bond acceptors (Lipinski definition) is 3. The molecule has 1 N–H and O–H groups in total. The summed E-state index contributed by atoms with van der Waals surface area (Å²) in [5.74, 6) is 0.971. The number of nitrogens with one attached hydrogen (secondary N) is 1. The molecule has 0 heterocycles. The topological polar surface area (TPSA) is 30.5 Å². The molecule has 0 bridgehead atoms. The molecule has 0 aliphatic heterocycles. The predicted molar refractivity (Wildman–Crippen MR) is 109 cm³/mol. The lowest BCUT2D eigenvalue weighted by molar-refractivity contribution is 0.201. The van der Waals surface area contributed by atoms with E-state index in [1.54, 1.807) is 0 Å². The fourth-order valence-corrected chi connectivity index (χ4v) is 4.89. The Hall–Kier alpha value is -0.409. The van der Waals surface area contributed by atoms with Crippen LogP contribution in [-0.4, -0.2) is 31.4 Å². The molecule has 1 atom stereocenters. The molecule has 1 aromatic rings. The summed E-state index contributed by atoms with van der Waals surface area (Å²) in [6.45, 7) is 21.2. The molecular formula is C17H35NO2Si3. The Labute approximate surface area is 146 Å². The van der Waals surface area contributed by atoms with E-state index < -0.39 is 24.9 Å². The van der Waals surface area contributed by atoms with Crippen LogP contribution in [0.3, 0.4) is 0 Å². The minimum absolute atomic E-state index is 0.0959. The van der Waals surface area contributed by atoms with Crippen LogP contribution in [0.2, 0.25) is 58.9 Å². The molecule has 1 aromatic carbocycles. The Balaban J connectivity index is 2.99. The van der Waals surface area contributed by atoms with E-state index in [2.05, 4.69) is 88.2 Å². The zero-order chi connectivity index (χ0) is 17.9. The molecule has 1 unspecified atom stereocenters. The van der Waals surface area contributed by atoms with Gasteiger partial charge in [-0.1, -0.05) is 31.8 Å². The lowest BCUT2D eigenvalue weighted by Gasteiger charge is -2.30. The van der Waals surface area contributed by atoms with Crippen LogP contribution in [0.1, 0.15) is 11.7 Å². The van der Waals surface area contributed by atoms with Crippen molar-refractivity contribution < 1.29 is 8.85 Å². The monoisotopic (exact) mass is 369 g/mol. The SMILES string of the molecule is C[Si](C)(C)NCC(O[Si](C)(C)C)c1cccc(O[Si](C)(C)C)c1. The second-order valence-electron chi connectivity index (χ2n) is 9.14. The molecule has 1 rings (SSSR count). The molecule has 0 amide bonds. The summed E-state index contributed by atoms with van der Waals surface area (Å²) >= 11 is 0. The molecule has 0 aliphatic rings. The average molecular weight is 370 g/mol. The van der Waals surface area contributed by atoms with Gasteiger partial charge in [-0.3, -0.25) is 0 Å². The first-order valence-corrected chi connectivity index (χ1v) is 18.8. The van der Waals surface area contributed by atoms with Gasteiger partial charge in [0.25, 0.3) is 0 Å². The number of hydrogen-bond donors (Lipinski definition) is 1. The van der Waals surface area contributed by atoms with Crippen molar-refractivity contribution in [2.24, 2.45) is 0 Å². The van der Waals surface area contributed by atoms with Crippen LogP contribution >= 0.6 is 0 Å². The Morgan fingerprint density at radius 3 is 2.00 bits per heavy atom. The summed E-state index contributed by atoms with van der Waals surface area (Å²) in [5.41, 5.74) is 1.22. The van der Waals surface area contributed by atoms with Crippen LogP contribution in [-0.2, 0) is 4.43 Å². The Morgan fingerprint density at radius 2 is 1.52 bits per heavy atom. The van der Waals surface area contributed by atoms with Gasteiger partial charge in [0.05, 0.1) is 6.10 Å². The Kier molecular flexibility index (Phi) is 6.86. The van der Waals surface area contributed by atoms with E-state index in [0.717, 1.165) is 12.3 Å². The molecule has 0 aromatic heterocycles. The van der Waals surface area contributed by atoms with E-state index in [0.29, 0.717) is 0 Å². The predicted octanol–water partition coefficient (Wildman–Crippen LogP) is 5.22. The summed E-state index contributed by atoms with van der Waals surface area (Å²) in [4.78, 5) is 3.71. The van der Waals surface area contributed by atoms with Crippen LogP contribution in [0.15, 0.2) is 24.3 Å². The van der Waals surface area contributed by atoms with Crippen LogP contribution in [0.4, 0.5) is 0 Å². The van der Waals surface area contributed by atoms with Gasteiger partial charge in [-0.25, -0.2) is 0 Å². The van der Waals surface area contributed by atoms with Crippen molar-refractivity contribution in [3.63, 3.8) is 0 Å². The van der Waals surface area contributed by atoms with Gasteiger partial charge in [0.15, 0.2) is 8.32 Å². The zero-order valence-corrected chi connectivity index (χ0v) is 19.4. The van der Waals surface area contributed by atoms with Crippen molar-refractivity contribution in [1.82, 2.24) is 4.98 Å². The molecule has 23 heavy (non-hydrogen) atoms. The molecular weight excluding hydrogens is 334 g/mol. The highest BCUT2D eigenvalue weighted by atomic mass is 28.4. The van der Waals surface area contributed by atoms with E-state index in [4.69, 9.17) is 8.85 Å². The highest BCUT2D eigenvalue weighted by molar-refractivity contribution is 6.73. The van der Waals surface area contributed by atoms with Gasteiger partial charge < -0.3 is 13.8 Å². The summed E-state index contributed by atoms with van der Waals surface area (Å²) < 4.78 is 12.6. The molecule has 0 spiro atoms. The molecule has 0 aliphatic carbocycles. The maximum atomic E-state index is 6.46. The lowest BCUT2D eigenvalue weighted by Crippen LogP contribution is -2.45. The van der Waals surface area contributed by atoms with Crippen LogP contribution < -0.4 is 9.41 Å². The van der Waals surface area contributed by atoms with Gasteiger partial charge in [0, 0.05) is 6.54 Å². The van der Waals surface area contributed by atoms with Gasteiger partial charge >= 0.3 is 0 Å². The van der Waals surface area contributed by atoms with Crippen molar-refractivity contribution in [3.05, 3.63) is 29.8 Å². The van der Waals surface area contributed by atoms with Gasteiger partial charge in [-0.05, 0) is 57.0 Å². The maximum absolute atomic E-state index is 6.46. The summed E-state index contributed by atoms with van der Waals surface area (Å²) in [7, 11) is -4.53. The molecule has 0 saturated carbocycles. The van der Waals surface area contributed by atoms with Crippen LogP contribution in [0.5, 0.6) is 5.75 Å². The van der Waals surface area contributed by atoms with Crippen molar-refractivity contribution in [2.45, 2.75) is 65.0 Å². The Bertz CT molecular complexity index is 502. The van der Waals surface area contributed by atoms with E-state index in [-0.39, 0.29) is 6.10 Å².